The van der Waals surface area contributed by atoms with E-state index in [9.17, 15) is 9.59 Å². The highest BCUT2D eigenvalue weighted by atomic mass is 16.7. The summed E-state index contributed by atoms with van der Waals surface area (Å²) in [6.45, 7) is 0.240. The highest BCUT2D eigenvalue weighted by Gasteiger charge is 2.65. The molecule has 5 aliphatic heterocycles. The number of amides is 4. The predicted molar refractivity (Wildman–Crippen MR) is 281 cm³/mol. The Morgan fingerprint density at radius 2 is 1.16 bits per heavy atom. The van der Waals surface area contributed by atoms with Crippen LogP contribution in [0.4, 0.5) is 4.79 Å². The Kier molecular flexibility index (Phi) is 13.4. The molecule has 2 saturated heterocycles. The third kappa shape index (κ3) is 9.10. The number of nitrogens with zero attached hydrogens (tertiary/aromatic N) is 1. The first-order valence-corrected chi connectivity index (χ1v) is 25.7. The molecular formula is C62H55N2O13+. The average Bonchev–Trinajstić information content (AvgIpc) is 3.89. The van der Waals surface area contributed by atoms with E-state index in [1.54, 1.807) is 38.5 Å². The van der Waals surface area contributed by atoms with Gasteiger partial charge >= 0.3 is 11.9 Å². The number of ether oxygens (including phenoxy) is 10. The van der Waals surface area contributed by atoms with E-state index in [1.165, 1.54) is 13.3 Å². The second-order valence-corrected chi connectivity index (χ2v) is 19.3. The van der Waals surface area contributed by atoms with Crippen LogP contribution in [0.3, 0.4) is 0 Å². The van der Waals surface area contributed by atoms with E-state index in [4.69, 9.17) is 47.4 Å². The van der Waals surface area contributed by atoms with Gasteiger partial charge < -0.3 is 47.4 Å². The molecule has 8 atom stereocenters. The van der Waals surface area contributed by atoms with Crippen LogP contribution in [0.1, 0.15) is 74.8 Å². The van der Waals surface area contributed by atoms with Crippen LogP contribution in [-0.2, 0) is 19.0 Å². The molecule has 1 N–H and O–H groups in total. The summed E-state index contributed by atoms with van der Waals surface area (Å²) in [5, 5.41) is 2.41. The number of carbonyl (C=O) groups excluding carboxylic acids is 3. The summed E-state index contributed by atoms with van der Waals surface area (Å²) in [5.41, 5.74) is 5.40. The van der Waals surface area contributed by atoms with Crippen LogP contribution in [0.5, 0.6) is 51.7 Å². The quantitative estimate of drug-likeness (QED) is 0.103. The van der Waals surface area contributed by atoms with Crippen molar-refractivity contribution < 1.29 is 66.2 Å². The van der Waals surface area contributed by atoms with Crippen molar-refractivity contribution >= 4 is 17.8 Å². The predicted octanol–water partition coefficient (Wildman–Crippen LogP) is 11.2. The molecule has 0 aromatic heterocycles. The average molecular weight is 1040 g/mol. The lowest BCUT2D eigenvalue weighted by molar-refractivity contribution is -0.778. The molecule has 0 aliphatic carbocycles. The van der Waals surface area contributed by atoms with Crippen LogP contribution in [0.25, 0.3) is 0 Å². The van der Waals surface area contributed by atoms with Gasteiger partial charge in [-0.25, -0.2) is 14.9 Å². The van der Waals surface area contributed by atoms with E-state index in [2.05, 4.69) is 5.32 Å². The number of rotatable bonds is 14. The monoisotopic (exact) mass is 1040 g/mol. The van der Waals surface area contributed by atoms with Crippen LogP contribution in [0, 0.1) is 0 Å². The molecule has 2 fully saturated rings. The maximum absolute atomic E-state index is 15.5. The molecule has 15 heteroatoms. The van der Waals surface area contributed by atoms with E-state index in [0.29, 0.717) is 64.8 Å². The summed E-state index contributed by atoms with van der Waals surface area (Å²) in [6, 6.07) is 48.3. The Balaban J connectivity index is 1.01. The first-order chi connectivity index (χ1) is 37.7. The summed E-state index contributed by atoms with van der Waals surface area (Å²) in [6.07, 6.45) is -1.15. The zero-order valence-electron chi connectivity index (χ0n) is 42.5. The van der Waals surface area contributed by atoms with Crippen molar-refractivity contribution in [1.82, 2.24) is 5.32 Å². The highest BCUT2D eigenvalue weighted by molar-refractivity contribution is 6.06. The lowest BCUT2D eigenvalue weighted by Gasteiger charge is -2.38. The van der Waals surface area contributed by atoms with Gasteiger partial charge in [-0.3, -0.25) is 4.79 Å². The van der Waals surface area contributed by atoms with Crippen LogP contribution >= 0.6 is 0 Å². The van der Waals surface area contributed by atoms with Gasteiger partial charge in [0.05, 0.1) is 33.0 Å². The lowest BCUT2D eigenvalue weighted by Crippen LogP contribution is -2.68. The van der Waals surface area contributed by atoms with Gasteiger partial charge in [-0.15, -0.1) is 4.48 Å². The zero-order valence-corrected chi connectivity index (χ0v) is 42.5. The third-order valence-corrected chi connectivity index (χ3v) is 14.9. The molecule has 0 bridgehead atoms. The smallest absolute Gasteiger partial charge is 0.438 e. The second kappa shape index (κ2) is 20.9. The van der Waals surface area contributed by atoms with Crippen LogP contribution < -0.4 is 38.5 Å². The molecule has 0 saturated carbocycles. The number of hydrogen-bond acceptors (Lipinski definition) is 13. The maximum Gasteiger partial charge on any atom is 0.438 e. The van der Waals surface area contributed by atoms with Crippen molar-refractivity contribution in [2.45, 2.75) is 61.9 Å². The van der Waals surface area contributed by atoms with Gasteiger partial charge in [0.15, 0.2) is 18.5 Å². The van der Waals surface area contributed by atoms with Gasteiger partial charge in [0.25, 0.3) is 5.91 Å². The Hall–Kier alpha value is -8.47. The molecule has 390 valence electrons. The van der Waals surface area contributed by atoms with Gasteiger partial charge in [-0.2, -0.15) is 0 Å². The van der Waals surface area contributed by atoms with Crippen molar-refractivity contribution in [3.8, 4) is 51.7 Å². The first kappa shape index (κ1) is 49.4. The fraction of sp³-hybridized carbons (Fsp3) is 0.242. The SMILES string of the molecule is COc1ccc(C(=O)[N+]2([C@@H]3O[C@H](COc4cccc5c4C(c4ccc(OC)cc4)c4ccccc4O5)[C@@H](Oc4cccc5c4C(c4ccc(OC)cc4)c4ccccc4O5)[C@H]3OC3CCCCO3)C=CC(=O)NC2=O)cc1. The number of urea groups is 1. The van der Waals surface area contributed by atoms with E-state index in [-0.39, 0.29) is 18.1 Å². The van der Waals surface area contributed by atoms with Crippen molar-refractivity contribution in [3.05, 3.63) is 209 Å². The van der Waals surface area contributed by atoms with Crippen molar-refractivity contribution in [2.24, 2.45) is 0 Å². The van der Waals surface area contributed by atoms with Gasteiger partial charge in [0, 0.05) is 40.7 Å². The van der Waals surface area contributed by atoms with Gasteiger partial charge in [-0.1, -0.05) is 72.8 Å². The standard InChI is InChI=1S/C62H54N2O13/c1-68-40-27-21-37(22-28-40)54-43-12-4-6-14-45(43)73-48-17-10-16-47(56(48)54)72-36-51-58(75-50-19-11-18-49-57(50)55(38-23-29-41(69-2)30-24-38)44-13-5-7-15-46(44)74-49)59(77-53-20-8-9-35-71-53)61(76-51)64(34-33-52(65)63-62(64)67)60(66)39-25-31-42(70-3)32-26-39/h4-7,10-19,21-34,51,53-55,58-59,61H,8-9,20,35-36H2,1-3H3/p+1/t51-,53?,54?,55?,58-,59-,61-,64?/m1/s1. The normalized spacial score (nSPS) is 23.9. The summed E-state index contributed by atoms with van der Waals surface area (Å²) < 4.78 is 63.7. The molecule has 77 heavy (non-hydrogen) atoms. The summed E-state index contributed by atoms with van der Waals surface area (Å²) in [4.78, 5) is 43.5. The van der Waals surface area contributed by atoms with E-state index >= 15 is 4.79 Å². The minimum atomic E-state index is -1.49. The fourth-order valence-corrected chi connectivity index (χ4v) is 11.2. The Labute approximate surface area is 444 Å². The Morgan fingerprint density at radius 1 is 0.610 bits per heavy atom. The largest absolute Gasteiger partial charge is 0.497 e. The van der Waals surface area contributed by atoms with Crippen LogP contribution in [0.15, 0.2) is 170 Å². The summed E-state index contributed by atoms with van der Waals surface area (Å²) in [5.74, 6) is 3.29. The fourth-order valence-electron chi connectivity index (χ4n) is 11.2. The molecule has 4 amide bonds. The molecule has 5 aliphatic rings. The Bertz CT molecular complexity index is 3380. The minimum absolute atomic E-state index is 0.143. The summed E-state index contributed by atoms with van der Waals surface area (Å²) >= 11 is 0. The topological polar surface area (TPSA) is 156 Å². The molecular weight excluding hydrogens is 981 g/mol. The highest BCUT2D eigenvalue weighted by Crippen LogP contribution is 2.53. The first-order valence-electron chi connectivity index (χ1n) is 25.7. The van der Waals surface area contributed by atoms with Crippen molar-refractivity contribution in [3.63, 3.8) is 0 Å². The molecule has 5 heterocycles. The van der Waals surface area contributed by atoms with Crippen molar-refractivity contribution in [2.75, 3.05) is 34.5 Å². The number of carbonyl (C=O) groups is 3. The number of hydrogen-bond donors (Lipinski definition) is 1. The number of quaternary nitrogens is 1. The van der Waals surface area contributed by atoms with E-state index in [0.717, 1.165) is 52.3 Å². The molecule has 15 nitrogen and oxygen atoms in total. The maximum atomic E-state index is 15.5. The van der Waals surface area contributed by atoms with Gasteiger partial charge in [0.1, 0.15) is 70.7 Å². The number of fused-ring (bicyclic) bond motifs is 4. The lowest BCUT2D eigenvalue weighted by atomic mass is 9.82. The van der Waals surface area contributed by atoms with Gasteiger partial charge in [-0.05, 0) is 115 Å². The number of para-hydroxylation sites is 2. The van der Waals surface area contributed by atoms with Crippen LogP contribution in [0.2, 0.25) is 0 Å². The number of nitrogens with one attached hydrogen (secondary N) is 1. The molecule has 4 unspecified atom stereocenters. The van der Waals surface area contributed by atoms with E-state index in [1.807, 2.05) is 133 Å². The van der Waals surface area contributed by atoms with Gasteiger partial charge in [0.2, 0.25) is 6.23 Å². The number of methoxy groups -OCH3 is 3. The Morgan fingerprint density at radius 3 is 1.71 bits per heavy atom. The molecule has 7 aromatic rings. The zero-order chi connectivity index (χ0) is 52.6. The summed E-state index contributed by atoms with van der Waals surface area (Å²) in [7, 11) is 4.78. The molecule has 12 rings (SSSR count). The molecule has 0 radical (unpaired) electrons. The molecule has 0 spiro atoms. The number of imide groups is 2. The van der Waals surface area contributed by atoms with E-state index < -0.39 is 59.1 Å². The molecule has 7 aromatic carbocycles. The number of benzene rings is 7. The van der Waals surface area contributed by atoms with Crippen LogP contribution in [-0.4, -0.2) is 87.7 Å². The minimum Gasteiger partial charge on any atom is -0.497 e. The third-order valence-electron chi connectivity index (χ3n) is 14.9. The second-order valence-electron chi connectivity index (χ2n) is 19.3. The van der Waals surface area contributed by atoms with Crippen molar-refractivity contribution in [1.29, 1.82) is 0 Å².